The van der Waals surface area contributed by atoms with Crippen LogP contribution in [-0.4, -0.2) is 48.6 Å². The van der Waals surface area contributed by atoms with Crippen LogP contribution < -0.4 is 4.72 Å². The molecule has 0 spiro atoms. The summed E-state index contributed by atoms with van der Waals surface area (Å²) in [6, 6.07) is 8.45. The molecule has 1 amide bonds. The van der Waals surface area contributed by atoms with E-state index in [0.29, 0.717) is 47.3 Å². The Hall–Kier alpha value is -2.43. The number of thiophene rings is 1. The summed E-state index contributed by atoms with van der Waals surface area (Å²) in [4.78, 5) is 14.4. The van der Waals surface area contributed by atoms with Crippen LogP contribution >= 0.6 is 11.3 Å². The second-order valence-electron chi connectivity index (χ2n) is 6.70. The zero-order chi connectivity index (χ0) is 19.7. The summed E-state index contributed by atoms with van der Waals surface area (Å²) < 4.78 is 33.2. The average molecular weight is 421 g/mol. The number of rotatable bonds is 5. The molecule has 4 rings (SSSR count). The number of nitrogens with one attached hydrogen (secondary N) is 2. The fraction of sp³-hybridized carbons (Fsp3) is 0.333. The smallest absolute Gasteiger partial charge is 0.274 e. The van der Waals surface area contributed by atoms with Gasteiger partial charge in [-0.1, -0.05) is 6.07 Å². The van der Waals surface area contributed by atoms with Crippen LogP contribution in [0.3, 0.4) is 0 Å². The Morgan fingerprint density at radius 3 is 2.75 bits per heavy atom. The summed E-state index contributed by atoms with van der Waals surface area (Å²) in [6.45, 7) is 2.79. The molecule has 2 N–H and O–H groups in total. The van der Waals surface area contributed by atoms with Crippen LogP contribution in [0.5, 0.6) is 0 Å². The van der Waals surface area contributed by atoms with E-state index in [0.717, 1.165) is 5.76 Å². The first-order valence-electron chi connectivity index (χ1n) is 8.90. The Bertz CT molecular complexity index is 1060. The van der Waals surface area contributed by atoms with Crippen molar-refractivity contribution < 1.29 is 17.6 Å². The number of hydrogen-bond donors (Lipinski definition) is 2. The number of H-pyrrole nitrogens is 1. The molecule has 3 aromatic heterocycles. The van der Waals surface area contributed by atoms with Gasteiger partial charge in [0.15, 0.2) is 11.5 Å². The number of carbonyl (C=O) groups is 1. The number of nitrogens with zero attached hydrogens (tertiary/aromatic N) is 2. The fourth-order valence-corrected chi connectivity index (χ4v) is 5.51. The van der Waals surface area contributed by atoms with Gasteiger partial charge in [-0.25, -0.2) is 13.1 Å². The SMILES string of the molecule is Cc1ccc(-c2cc(C(=O)N3CCC(NS(=O)(=O)c4cccs4)CC3)n[nH]2)o1. The average Bonchev–Trinajstić information content (AvgIpc) is 3.42. The summed E-state index contributed by atoms with van der Waals surface area (Å²) in [5.41, 5.74) is 0.969. The zero-order valence-corrected chi connectivity index (χ0v) is 16.8. The molecule has 4 heterocycles. The van der Waals surface area contributed by atoms with Gasteiger partial charge in [0.1, 0.15) is 15.7 Å². The third-order valence-electron chi connectivity index (χ3n) is 4.67. The molecule has 0 unspecified atom stereocenters. The van der Waals surface area contributed by atoms with Crippen LogP contribution in [0.1, 0.15) is 29.1 Å². The van der Waals surface area contributed by atoms with E-state index in [1.54, 1.807) is 28.5 Å². The van der Waals surface area contributed by atoms with Crippen LogP contribution in [0.15, 0.2) is 44.3 Å². The Kier molecular flexibility index (Phi) is 5.09. The summed E-state index contributed by atoms with van der Waals surface area (Å²) in [6.07, 6.45) is 1.12. The number of amides is 1. The van der Waals surface area contributed by atoms with E-state index >= 15 is 0 Å². The summed E-state index contributed by atoms with van der Waals surface area (Å²) >= 11 is 1.19. The lowest BCUT2D eigenvalue weighted by Gasteiger charge is -2.31. The highest BCUT2D eigenvalue weighted by atomic mass is 32.2. The van der Waals surface area contributed by atoms with Gasteiger partial charge in [-0.2, -0.15) is 5.10 Å². The Labute approximate surface area is 166 Å². The number of piperidine rings is 1. The molecular weight excluding hydrogens is 400 g/mol. The molecule has 148 valence electrons. The predicted molar refractivity (Wildman–Crippen MR) is 105 cm³/mol. The molecule has 1 aliphatic heterocycles. The molecule has 1 saturated heterocycles. The minimum absolute atomic E-state index is 0.176. The molecule has 0 aliphatic carbocycles. The third kappa shape index (κ3) is 3.89. The zero-order valence-electron chi connectivity index (χ0n) is 15.2. The van der Waals surface area contributed by atoms with Crippen molar-refractivity contribution in [3.05, 3.63) is 47.2 Å². The maximum atomic E-state index is 12.7. The van der Waals surface area contributed by atoms with E-state index in [2.05, 4.69) is 14.9 Å². The second-order valence-corrected chi connectivity index (χ2v) is 9.59. The van der Waals surface area contributed by atoms with E-state index in [1.807, 2.05) is 19.1 Å². The van der Waals surface area contributed by atoms with Gasteiger partial charge in [0, 0.05) is 25.2 Å². The highest BCUT2D eigenvalue weighted by molar-refractivity contribution is 7.91. The van der Waals surface area contributed by atoms with Crippen LogP contribution in [0, 0.1) is 6.92 Å². The van der Waals surface area contributed by atoms with Crippen LogP contribution in [0.2, 0.25) is 0 Å². The summed E-state index contributed by atoms with van der Waals surface area (Å²) in [5.74, 6) is 1.24. The van der Waals surface area contributed by atoms with Gasteiger partial charge in [0.2, 0.25) is 10.0 Å². The number of aromatic nitrogens is 2. The number of furan rings is 1. The van der Waals surface area contributed by atoms with E-state index < -0.39 is 10.0 Å². The van der Waals surface area contributed by atoms with Gasteiger partial charge < -0.3 is 9.32 Å². The third-order valence-corrected chi connectivity index (χ3v) is 7.58. The lowest BCUT2D eigenvalue weighted by molar-refractivity contribution is 0.0705. The number of hydrogen-bond acceptors (Lipinski definition) is 6. The molecule has 3 aromatic rings. The first kappa shape index (κ1) is 18.9. The molecule has 28 heavy (non-hydrogen) atoms. The van der Waals surface area contributed by atoms with Crippen molar-refractivity contribution in [3.63, 3.8) is 0 Å². The van der Waals surface area contributed by atoms with Gasteiger partial charge in [0.25, 0.3) is 5.91 Å². The molecule has 8 nitrogen and oxygen atoms in total. The highest BCUT2D eigenvalue weighted by Crippen LogP contribution is 2.22. The molecule has 0 atom stereocenters. The van der Waals surface area contributed by atoms with Crippen LogP contribution in [-0.2, 0) is 10.0 Å². The standard InChI is InChI=1S/C18H20N4O4S2/c1-12-4-5-16(26-12)14-11-15(20-19-14)18(23)22-8-6-13(7-9-22)21-28(24,25)17-3-2-10-27-17/h2-5,10-11,13,21H,6-9H2,1H3,(H,19,20). The minimum Gasteiger partial charge on any atom is -0.460 e. The maximum absolute atomic E-state index is 12.7. The molecule has 10 heteroatoms. The largest absolute Gasteiger partial charge is 0.460 e. The first-order valence-corrected chi connectivity index (χ1v) is 11.3. The fourth-order valence-electron chi connectivity index (χ4n) is 3.19. The van der Waals surface area contributed by atoms with E-state index in [-0.39, 0.29) is 11.9 Å². The molecule has 0 bridgehead atoms. The molecule has 0 aromatic carbocycles. The molecule has 1 fully saturated rings. The monoisotopic (exact) mass is 420 g/mol. The lowest BCUT2D eigenvalue weighted by Crippen LogP contribution is -2.46. The molecule has 1 aliphatic rings. The van der Waals surface area contributed by atoms with Gasteiger partial charge in [-0.15, -0.1) is 11.3 Å². The molecule has 0 radical (unpaired) electrons. The first-order chi connectivity index (χ1) is 13.4. The van der Waals surface area contributed by atoms with Crippen molar-refractivity contribution in [1.29, 1.82) is 0 Å². The van der Waals surface area contributed by atoms with E-state index in [9.17, 15) is 13.2 Å². The van der Waals surface area contributed by atoms with Crippen molar-refractivity contribution in [2.75, 3.05) is 13.1 Å². The number of sulfonamides is 1. The lowest BCUT2D eigenvalue weighted by atomic mass is 10.1. The van der Waals surface area contributed by atoms with E-state index in [1.165, 1.54) is 11.3 Å². The van der Waals surface area contributed by atoms with Crippen molar-refractivity contribution in [2.24, 2.45) is 0 Å². The topological polar surface area (TPSA) is 108 Å². The van der Waals surface area contributed by atoms with Gasteiger partial charge in [0.05, 0.1) is 0 Å². The van der Waals surface area contributed by atoms with Crippen LogP contribution in [0.25, 0.3) is 11.5 Å². The van der Waals surface area contributed by atoms with Crippen molar-refractivity contribution in [3.8, 4) is 11.5 Å². The summed E-state index contributed by atoms with van der Waals surface area (Å²) in [5, 5.41) is 8.67. The quantitative estimate of drug-likeness (QED) is 0.660. The van der Waals surface area contributed by atoms with Crippen molar-refractivity contribution in [1.82, 2.24) is 19.8 Å². The molecule has 0 saturated carbocycles. The van der Waals surface area contributed by atoms with Crippen molar-refractivity contribution in [2.45, 2.75) is 30.0 Å². The number of likely N-dealkylation sites (tertiary alicyclic amines) is 1. The minimum atomic E-state index is -3.49. The summed E-state index contributed by atoms with van der Waals surface area (Å²) in [7, 11) is -3.49. The second kappa shape index (κ2) is 7.53. The molecular formula is C18H20N4O4S2. The Balaban J connectivity index is 1.36. The Morgan fingerprint density at radius 2 is 2.11 bits per heavy atom. The number of aryl methyl sites for hydroxylation is 1. The van der Waals surface area contributed by atoms with Gasteiger partial charge in [-0.3, -0.25) is 9.89 Å². The van der Waals surface area contributed by atoms with Gasteiger partial charge >= 0.3 is 0 Å². The predicted octanol–water partition coefficient (Wildman–Crippen LogP) is 2.62. The number of aromatic amines is 1. The van der Waals surface area contributed by atoms with Gasteiger partial charge in [-0.05, 0) is 43.3 Å². The Morgan fingerprint density at radius 1 is 1.32 bits per heavy atom. The van der Waals surface area contributed by atoms with E-state index in [4.69, 9.17) is 4.42 Å². The maximum Gasteiger partial charge on any atom is 0.274 e. The van der Waals surface area contributed by atoms with Crippen molar-refractivity contribution >= 4 is 27.3 Å². The normalized spacial score (nSPS) is 15.8. The highest BCUT2D eigenvalue weighted by Gasteiger charge is 2.28. The van der Waals surface area contributed by atoms with Crippen LogP contribution in [0.4, 0.5) is 0 Å². The number of carbonyl (C=O) groups excluding carboxylic acids is 1.